The largest absolute Gasteiger partial charge is 0.441 e. The van der Waals surface area contributed by atoms with Gasteiger partial charge in [0.05, 0.1) is 6.10 Å². The van der Waals surface area contributed by atoms with Crippen LogP contribution in [0.5, 0.6) is 0 Å². The molecule has 58 valence electrons. The molecular formula is C7H11O2W-. The molecule has 0 radical (unpaired) electrons. The molecule has 0 aliphatic carbocycles. The first-order chi connectivity index (χ1) is 4.22. The van der Waals surface area contributed by atoms with Crippen molar-refractivity contribution in [3.05, 3.63) is 18.8 Å². The molecule has 1 rings (SSSR count). The SMILES string of the molecule is C=C1[CH-]OCC(C)C1O.[W]. The first-order valence-corrected chi connectivity index (χ1v) is 3.03. The van der Waals surface area contributed by atoms with Crippen molar-refractivity contribution in [2.24, 2.45) is 5.92 Å². The minimum absolute atomic E-state index is 0. The maximum atomic E-state index is 9.24. The fourth-order valence-corrected chi connectivity index (χ4v) is 0.833. The van der Waals surface area contributed by atoms with E-state index >= 15 is 0 Å². The first-order valence-electron chi connectivity index (χ1n) is 3.03. The number of hydrogen-bond acceptors (Lipinski definition) is 2. The van der Waals surface area contributed by atoms with Crippen LogP contribution in [-0.2, 0) is 25.8 Å². The molecule has 0 aromatic rings. The fraction of sp³-hybridized carbons (Fsp3) is 0.571. The van der Waals surface area contributed by atoms with Gasteiger partial charge in [-0.1, -0.05) is 6.92 Å². The van der Waals surface area contributed by atoms with Gasteiger partial charge in [0.25, 0.3) is 0 Å². The summed E-state index contributed by atoms with van der Waals surface area (Å²) in [6, 6.07) is 0. The van der Waals surface area contributed by atoms with Crippen molar-refractivity contribution >= 4 is 0 Å². The van der Waals surface area contributed by atoms with Crippen molar-refractivity contribution in [1.29, 1.82) is 0 Å². The first kappa shape index (κ1) is 10.2. The molecule has 0 spiro atoms. The van der Waals surface area contributed by atoms with Gasteiger partial charge in [0, 0.05) is 33.6 Å². The Morgan fingerprint density at radius 1 is 1.80 bits per heavy atom. The van der Waals surface area contributed by atoms with E-state index in [0.717, 1.165) is 0 Å². The van der Waals surface area contributed by atoms with Crippen molar-refractivity contribution in [1.82, 2.24) is 0 Å². The molecule has 1 heterocycles. The van der Waals surface area contributed by atoms with Gasteiger partial charge < -0.3 is 9.84 Å². The Kier molecular flexibility index (Phi) is 4.26. The molecular weight excluding hydrogens is 300 g/mol. The zero-order valence-electron chi connectivity index (χ0n) is 5.91. The standard InChI is InChI=1S/C7H11O2.W/c1-5-3-9-4-6(2)7(5)8;/h3,6-8H,1,4H2,2H3;/q-1;. The van der Waals surface area contributed by atoms with Gasteiger partial charge in [-0.15, -0.1) is 6.61 Å². The van der Waals surface area contributed by atoms with Crippen molar-refractivity contribution in [3.8, 4) is 0 Å². The van der Waals surface area contributed by atoms with E-state index in [1.807, 2.05) is 6.92 Å². The molecule has 0 saturated carbocycles. The molecule has 2 unspecified atom stereocenters. The Hall–Kier alpha value is 0.218. The second-order valence-corrected chi connectivity index (χ2v) is 2.45. The average Bonchev–Trinajstić information content (AvgIpc) is 1.83. The summed E-state index contributed by atoms with van der Waals surface area (Å²) in [5.74, 6) is 0.183. The van der Waals surface area contributed by atoms with Crippen LogP contribution in [0.25, 0.3) is 0 Å². The molecule has 2 atom stereocenters. The van der Waals surface area contributed by atoms with Crippen LogP contribution in [0.15, 0.2) is 12.2 Å². The number of aliphatic hydroxyl groups is 1. The third-order valence-electron chi connectivity index (χ3n) is 1.51. The van der Waals surface area contributed by atoms with E-state index < -0.39 is 6.10 Å². The van der Waals surface area contributed by atoms with E-state index in [-0.39, 0.29) is 27.0 Å². The molecule has 10 heavy (non-hydrogen) atoms. The van der Waals surface area contributed by atoms with Crippen LogP contribution in [0.2, 0.25) is 0 Å². The third-order valence-corrected chi connectivity index (χ3v) is 1.51. The zero-order chi connectivity index (χ0) is 6.85. The number of hydrogen-bond donors (Lipinski definition) is 1. The Morgan fingerprint density at radius 3 is 2.80 bits per heavy atom. The maximum absolute atomic E-state index is 9.24. The van der Waals surface area contributed by atoms with Crippen LogP contribution >= 0.6 is 0 Å². The van der Waals surface area contributed by atoms with E-state index in [1.165, 1.54) is 6.61 Å². The molecule has 0 aromatic carbocycles. The summed E-state index contributed by atoms with van der Waals surface area (Å²) in [6.07, 6.45) is -0.404. The molecule has 1 aliphatic heterocycles. The Bertz CT molecular complexity index is 125. The summed E-state index contributed by atoms with van der Waals surface area (Å²) in [5, 5.41) is 9.24. The Labute approximate surface area is 75.5 Å². The fourth-order valence-electron chi connectivity index (χ4n) is 0.833. The summed E-state index contributed by atoms with van der Waals surface area (Å²) in [4.78, 5) is 0. The summed E-state index contributed by atoms with van der Waals surface area (Å²) in [5.41, 5.74) is 0.675. The molecule has 1 N–H and O–H groups in total. The van der Waals surface area contributed by atoms with Crippen molar-refractivity contribution in [3.63, 3.8) is 0 Å². The molecule has 0 amide bonds. The van der Waals surface area contributed by atoms with Crippen LogP contribution < -0.4 is 0 Å². The minimum Gasteiger partial charge on any atom is -0.441 e. The van der Waals surface area contributed by atoms with Crippen molar-refractivity contribution < 1.29 is 30.9 Å². The van der Waals surface area contributed by atoms with Crippen LogP contribution in [0.3, 0.4) is 0 Å². The zero-order valence-corrected chi connectivity index (χ0v) is 8.84. The molecule has 2 nitrogen and oxygen atoms in total. The van der Waals surface area contributed by atoms with E-state index in [4.69, 9.17) is 4.74 Å². The maximum Gasteiger partial charge on any atom is 0.0529 e. The average molecular weight is 311 g/mol. The monoisotopic (exact) mass is 311 g/mol. The number of aliphatic hydroxyl groups excluding tert-OH is 1. The minimum atomic E-state index is -0.404. The predicted molar refractivity (Wildman–Crippen MR) is 34.6 cm³/mol. The van der Waals surface area contributed by atoms with Crippen LogP contribution in [0, 0.1) is 12.5 Å². The molecule has 1 fully saturated rings. The molecule has 1 saturated heterocycles. The summed E-state index contributed by atoms with van der Waals surface area (Å²) in [7, 11) is 0. The summed E-state index contributed by atoms with van der Waals surface area (Å²) >= 11 is 0. The van der Waals surface area contributed by atoms with Crippen LogP contribution in [0.4, 0.5) is 0 Å². The second-order valence-electron chi connectivity index (χ2n) is 2.45. The van der Waals surface area contributed by atoms with Crippen molar-refractivity contribution in [2.45, 2.75) is 13.0 Å². The summed E-state index contributed by atoms with van der Waals surface area (Å²) in [6.45, 7) is 7.66. The van der Waals surface area contributed by atoms with Crippen LogP contribution in [0.1, 0.15) is 6.92 Å². The normalized spacial score (nSPS) is 32.4. The van der Waals surface area contributed by atoms with Gasteiger partial charge in [0.15, 0.2) is 0 Å². The van der Waals surface area contributed by atoms with Gasteiger partial charge in [-0.25, -0.2) is 6.58 Å². The van der Waals surface area contributed by atoms with Gasteiger partial charge >= 0.3 is 0 Å². The van der Waals surface area contributed by atoms with Gasteiger partial charge in [0.2, 0.25) is 0 Å². The molecule has 0 bridgehead atoms. The molecule has 1 aliphatic rings. The second kappa shape index (κ2) is 4.17. The van der Waals surface area contributed by atoms with Gasteiger partial charge in [-0.05, 0) is 0 Å². The topological polar surface area (TPSA) is 29.5 Å². The van der Waals surface area contributed by atoms with Crippen LogP contribution in [-0.4, -0.2) is 17.8 Å². The third kappa shape index (κ3) is 2.12. The van der Waals surface area contributed by atoms with E-state index in [1.54, 1.807) is 0 Å². The van der Waals surface area contributed by atoms with Crippen molar-refractivity contribution in [2.75, 3.05) is 6.61 Å². The number of ether oxygens (including phenoxy) is 1. The van der Waals surface area contributed by atoms with E-state index in [9.17, 15) is 5.11 Å². The smallest absolute Gasteiger partial charge is 0.0529 e. The molecule has 3 heteroatoms. The van der Waals surface area contributed by atoms with E-state index in [0.29, 0.717) is 12.2 Å². The van der Waals surface area contributed by atoms with Gasteiger partial charge in [0.1, 0.15) is 0 Å². The predicted octanol–water partition coefficient (Wildman–Crippen LogP) is 0.729. The quantitative estimate of drug-likeness (QED) is 0.669. The van der Waals surface area contributed by atoms with Gasteiger partial charge in [-0.3, -0.25) is 0 Å². The van der Waals surface area contributed by atoms with Gasteiger partial charge in [-0.2, -0.15) is 5.57 Å². The summed E-state index contributed by atoms with van der Waals surface area (Å²) < 4.78 is 4.98. The van der Waals surface area contributed by atoms with E-state index in [2.05, 4.69) is 6.58 Å². The number of rotatable bonds is 0. The Morgan fingerprint density at radius 2 is 2.40 bits per heavy atom. The molecule has 0 aromatic heterocycles. The Balaban J connectivity index is 0.000000810.